The maximum absolute atomic E-state index is 12.0. The number of hydrogen-bond acceptors (Lipinski definition) is 3. The highest BCUT2D eigenvalue weighted by Gasteiger charge is 2.75. The molecule has 2 heterocycles. The third-order valence-corrected chi connectivity index (χ3v) is 6.55. The fourth-order valence-electron chi connectivity index (χ4n) is 4.71. The van der Waals surface area contributed by atoms with Gasteiger partial charge in [0.25, 0.3) is 0 Å². The minimum atomic E-state index is -0.108. The summed E-state index contributed by atoms with van der Waals surface area (Å²) in [6, 6.07) is 0. The highest BCUT2D eigenvalue weighted by Crippen LogP contribution is 2.68. The van der Waals surface area contributed by atoms with E-state index in [1.165, 1.54) is 0 Å². The van der Waals surface area contributed by atoms with Crippen molar-refractivity contribution in [3.63, 3.8) is 0 Å². The lowest BCUT2D eigenvalue weighted by molar-refractivity contribution is -0.125. The Labute approximate surface area is 108 Å². The van der Waals surface area contributed by atoms with Crippen LogP contribution in [0.3, 0.4) is 0 Å². The Balaban J connectivity index is 1.66. The van der Waals surface area contributed by atoms with Gasteiger partial charge in [0.15, 0.2) is 5.78 Å². The predicted molar refractivity (Wildman–Crippen MR) is 66.2 cm³/mol. The van der Waals surface area contributed by atoms with Gasteiger partial charge in [-0.2, -0.15) is 0 Å². The van der Waals surface area contributed by atoms with Crippen LogP contribution in [0.2, 0.25) is 0 Å². The average molecular weight is 250 g/mol. The number of ketones is 1. The first-order valence-electron chi connectivity index (χ1n) is 7.26. The van der Waals surface area contributed by atoms with Crippen LogP contribution in [0, 0.1) is 17.3 Å². The molecule has 100 valence electrons. The fourth-order valence-corrected chi connectivity index (χ4v) is 4.71. The van der Waals surface area contributed by atoms with E-state index in [-0.39, 0.29) is 22.7 Å². The lowest BCUT2D eigenvalue weighted by atomic mass is 9.52. The number of rotatable bonds is 1. The molecule has 18 heavy (non-hydrogen) atoms. The van der Waals surface area contributed by atoms with Crippen molar-refractivity contribution >= 4 is 5.78 Å². The van der Waals surface area contributed by atoms with Crippen molar-refractivity contribution in [1.82, 2.24) is 0 Å². The van der Waals surface area contributed by atoms with Crippen molar-refractivity contribution in [2.75, 3.05) is 6.61 Å². The molecule has 3 heteroatoms. The largest absolute Gasteiger partial charge is 0.370 e. The van der Waals surface area contributed by atoms with Gasteiger partial charge < -0.3 is 9.47 Å². The van der Waals surface area contributed by atoms with Crippen molar-refractivity contribution < 1.29 is 14.3 Å². The zero-order valence-corrected chi connectivity index (χ0v) is 11.5. The van der Waals surface area contributed by atoms with E-state index < -0.39 is 0 Å². The van der Waals surface area contributed by atoms with Crippen molar-refractivity contribution in [3.05, 3.63) is 0 Å². The number of carbonyl (C=O) groups excluding carboxylic acids is 1. The van der Waals surface area contributed by atoms with E-state index in [1.807, 2.05) is 0 Å². The number of epoxide rings is 2. The van der Waals surface area contributed by atoms with E-state index in [0.29, 0.717) is 24.0 Å². The zero-order valence-electron chi connectivity index (χ0n) is 11.5. The van der Waals surface area contributed by atoms with Gasteiger partial charge in [-0.1, -0.05) is 13.8 Å². The Kier molecular flexibility index (Phi) is 1.91. The summed E-state index contributed by atoms with van der Waals surface area (Å²) in [5, 5.41) is 0. The Morgan fingerprint density at radius 2 is 2.06 bits per heavy atom. The molecule has 2 aliphatic carbocycles. The van der Waals surface area contributed by atoms with Crippen LogP contribution in [0.15, 0.2) is 0 Å². The fraction of sp³-hybridized carbons (Fsp3) is 0.933. The van der Waals surface area contributed by atoms with Crippen LogP contribution in [0.4, 0.5) is 0 Å². The second-order valence-electron chi connectivity index (χ2n) is 7.42. The molecule has 4 aliphatic rings. The molecule has 4 rings (SSSR count). The Hall–Kier alpha value is -0.410. The third kappa shape index (κ3) is 1.16. The molecule has 1 spiro atoms. The summed E-state index contributed by atoms with van der Waals surface area (Å²) >= 11 is 0. The summed E-state index contributed by atoms with van der Waals surface area (Å²) in [7, 11) is 0. The summed E-state index contributed by atoms with van der Waals surface area (Å²) in [5.74, 6) is 1.43. The van der Waals surface area contributed by atoms with E-state index >= 15 is 0 Å². The molecule has 0 aromatic carbocycles. The Morgan fingerprint density at radius 3 is 2.72 bits per heavy atom. The second kappa shape index (κ2) is 3.01. The standard InChI is InChI=1S/C15H22O3/c1-9-6-11(16)12-15(18-12)5-4-10(7-13(9,15)2)14(3)8-17-14/h9-10,12H,4-8H2,1-3H3/t9-,10?,12?,13+,14?,15?/m1/s1. The summed E-state index contributed by atoms with van der Waals surface area (Å²) in [5.41, 5.74) is 0.184. The monoisotopic (exact) mass is 250 g/mol. The first kappa shape index (κ1) is 11.4. The Morgan fingerprint density at radius 1 is 1.33 bits per heavy atom. The van der Waals surface area contributed by atoms with Crippen molar-refractivity contribution in [2.45, 2.75) is 63.8 Å². The van der Waals surface area contributed by atoms with E-state index in [9.17, 15) is 4.79 Å². The Bertz CT molecular complexity index is 427. The molecular weight excluding hydrogens is 228 g/mol. The molecule has 2 saturated heterocycles. The highest BCUT2D eigenvalue weighted by atomic mass is 16.6. The summed E-state index contributed by atoms with van der Waals surface area (Å²) in [4.78, 5) is 12.0. The third-order valence-electron chi connectivity index (χ3n) is 6.55. The second-order valence-corrected chi connectivity index (χ2v) is 7.42. The van der Waals surface area contributed by atoms with Crippen LogP contribution < -0.4 is 0 Å². The van der Waals surface area contributed by atoms with Gasteiger partial charge in [-0.15, -0.1) is 0 Å². The molecule has 4 unspecified atom stereocenters. The van der Waals surface area contributed by atoms with Crippen LogP contribution in [-0.2, 0) is 14.3 Å². The molecule has 0 amide bonds. The SMILES string of the molecule is C[C@@H]1CC(=O)C2OC23CCC(C2(C)CO2)C[C@@]13C. The predicted octanol–water partition coefficient (Wildman–Crippen LogP) is 2.33. The van der Waals surface area contributed by atoms with Gasteiger partial charge in [0.2, 0.25) is 0 Å². The summed E-state index contributed by atoms with van der Waals surface area (Å²) < 4.78 is 11.6. The summed E-state index contributed by atoms with van der Waals surface area (Å²) in [6.45, 7) is 7.74. The molecule has 4 fully saturated rings. The van der Waals surface area contributed by atoms with E-state index in [1.54, 1.807) is 0 Å². The molecule has 0 aromatic heterocycles. The average Bonchev–Trinajstić information content (AvgIpc) is 3.19. The zero-order chi connectivity index (χ0) is 12.8. The van der Waals surface area contributed by atoms with Crippen LogP contribution in [0.5, 0.6) is 0 Å². The molecule has 3 nitrogen and oxygen atoms in total. The molecule has 0 N–H and O–H groups in total. The van der Waals surface area contributed by atoms with Crippen molar-refractivity contribution in [2.24, 2.45) is 17.3 Å². The molecule has 0 aromatic rings. The quantitative estimate of drug-likeness (QED) is 0.671. The first-order chi connectivity index (χ1) is 8.41. The van der Waals surface area contributed by atoms with Crippen LogP contribution >= 0.6 is 0 Å². The van der Waals surface area contributed by atoms with Gasteiger partial charge in [-0.25, -0.2) is 0 Å². The van der Waals surface area contributed by atoms with E-state index in [4.69, 9.17) is 9.47 Å². The van der Waals surface area contributed by atoms with Crippen LogP contribution in [-0.4, -0.2) is 29.7 Å². The van der Waals surface area contributed by atoms with Crippen molar-refractivity contribution in [3.8, 4) is 0 Å². The smallest absolute Gasteiger partial charge is 0.164 e. The highest BCUT2D eigenvalue weighted by molar-refractivity contribution is 5.89. The van der Waals surface area contributed by atoms with Gasteiger partial charge in [-0.05, 0) is 38.0 Å². The molecule has 0 bridgehead atoms. The van der Waals surface area contributed by atoms with Gasteiger partial charge in [0, 0.05) is 11.8 Å². The number of ether oxygens (including phenoxy) is 2. The first-order valence-corrected chi connectivity index (χ1v) is 7.26. The molecule has 2 saturated carbocycles. The molecular formula is C15H22O3. The topological polar surface area (TPSA) is 42.1 Å². The van der Waals surface area contributed by atoms with Gasteiger partial charge in [-0.3, -0.25) is 4.79 Å². The normalized spacial score (nSPS) is 61.9. The lowest BCUT2D eigenvalue weighted by Gasteiger charge is -2.50. The molecule has 0 radical (unpaired) electrons. The van der Waals surface area contributed by atoms with Crippen LogP contribution in [0.25, 0.3) is 0 Å². The summed E-state index contributed by atoms with van der Waals surface area (Å²) in [6.07, 6.45) is 3.99. The van der Waals surface area contributed by atoms with Gasteiger partial charge in [0.05, 0.1) is 12.2 Å². The van der Waals surface area contributed by atoms with E-state index in [0.717, 1.165) is 25.9 Å². The number of hydrogen-bond donors (Lipinski definition) is 0. The maximum atomic E-state index is 12.0. The molecule has 2 aliphatic heterocycles. The lowest BCUT2D eigenvalue weighted by Crippen LogP contribution is -2.53. The van der Waals surface area contributed by atoms with Gasteiger partial charge >= 0.3 is 0 Å². The molecule has 6 atom stereocenters. The minimum Gasteiger partial charge on any atom is -0.370 e. The minimum absolute atomic E-state index is 0.0763. The number of carbonyl (C=O) groups is 1. The van der Waals surface area contributed by atoms with Gasteiger partial charge in [0.1, 0.15) is 11.7 Å². The van der Waals surface area contributed by atoms with Crippen LogP contribution in [0.1, 0.15) is 46.5 Å². The van der Waals surface area contributed by atoms with E-state index in [2.05, 4.69) is 20.8 Å². The van der Waals surface area contributed by atoms with Crippen molar-refractivity contribution in [1.29, 1.82) is 0 Å². The maximum Gasteiger partial charge on any atom is 0.164 e. The number of Topliss-reactive ketones (excluding diaryl/α,β-unsaturated/α-hetero) is 1.